The van der Waals surface area contributed by atoms with Crippen LogP contribution in [0.4, 0.5) is 15.9 Å². The number of anilines is 2. The maximum absolute atomic E-state index is 14.0. The predicted molar refractivity (Wildman–Crippen MR) is 111 cm³/mol. The summed E-state index contributed by atoms with van der Waals surface area (Å²) in [6.45, 7) is 2.28. The van der Waals surface area contributed by atoms with Crippen molar-refractivity contribution >= 4 is 28.7 Å². The van der Waals surface area contributed by atoms with Crippen molar-refractivity contribution in [1.82, 2.24) is 14.5 Å². The van der Waals surface area contributed by atoms with Crippen LogP contribution in [0.2, 0.25) is 0 Å². The van der Waals surface area contributed by atoms with E-state index in [1.165, 1.54) is 23.9 Å². The number of amides is 1. The Morgan fingerprint density at radius 1 is 1.34 bits per heavy atom. The molecule has 0 saturated carbocycles. The van der Waals surface area contributed by atoms with Gasteiger partial charge in [-0.15, -0.1) is 11.3 Å². The lowest BCUT2D eigenvalue weighted by Crippen LogP contribution is -2.39. The molecule has 29 heavy (non-hydrogen) atoms. The third-order valence-corrected chi connectivity index (χ3v) is 5.43. The van der Waals surface area contributed by atoms with Crippen LogP contribution < -0.4 is 21.9 Å². The second kappa shape index (κ2) is 8.39. The molecule has 3 aromatic rings. The van der Waals surface area contributed by atoms with Crippen LogP contribution in [0, 0.1) is 5.82 Å². The molecule has 2 heterocycles. The van der Waals surface area contributed by atoms with Gasteiger partial charge in [-0.2, -0.15) is 0 Å². The van der Waals surface area contributed by atoms with Gasteiger partial charge in [-0.25, -0.2) is 14.2 Å². The van der Waals surface area contributed by atoms with E-state index in [4.69, 9.17) is 5.73 Å². The molecule has 0 saturated heterocycles. The molecule has 8 nitrogen and oxygen atoms in total. The number of benzene rings is 1. The van der Waals surface area contributed by atoms with E-state index in [9.17, 15) is 18.8 Å². The molecule has 0 spiro atoms. The van der Waals surface area contributed by atoms with Crippen molar-refractivity contribution in [2.75, 3.05) is 17.7 Å². The number of halogens is 1. The molecule has 2 aromatic heterocycles. The number of H-pyrrole nitrogens is 1. The van der Waals surface area contributed by atoms with E-state index in [0.717, 1.165) is 22.7 Å². The molecular formula is C19H20FN5O3S. The Kier molecular flexibility index (Phi) is 5.92. The van der Waals surface area contributed by atoms with Gasteiger partial charge in [0.15, 0.2) is 5.69 Å². The Balaban J connectivity index is 1.96. The van der Waals surface area contributed by atoms with Gasteiger partial charge in [0.2, 0.25) is 0 Å². The monoisotopic (exact) mass is 417 g/mol. The average molecular weight is 417 g/mol. The molecule has 3 rings (SSSR count). The van der Waals surface area contributed by atoms with E-state index in [1.54, 1.807) is 18.2 Å². The van der Waals surface area contributed by atoms with Gasteiger partial charge in [-0.05, 0) is 18.6 Å². The summed E-state index contributed by atoms with van der Waals surface area (Å²) < 4.78 is 15.2. The standard InChI is InChI=1S/C19H20FN5O3S/c1-3-4-9-25-15(21)14(16(26)23-19(25)28)24(2)18(27)13-10-22-17(29-13)11-7-5-6-8-12(11)20/h5-8,10H,3-4,9,21H2,1-2H3,(H,23,26,28). The van der Waals surface area contributed by atoms with Crippen LogP contribution in [0.25, 0.3) is 10.6 Å². The summed E-state index contributed by atoms with van der Waals surface area (Å²) in [7, 11) is 1.39. The normalized spacial score (nSPS) is 10.9. The van der Waals surface area contributed by atoms with Crippen molar-refractivity contribution in [2.24, 2.45) is 0 Å². The van der Waals surface area contributed by atoms with Gasteiger partial charge >= 0.3 is 5.69 Å². The zero-order chi connectivity index (χ0) is 21.1. The van der Waals surface area contributed by atoms with Crippen LogP contribution in [-0.2, 0) is 6.54 Å². The summed E-state index contributed by atoms with van der Waals surface area (Å²) >= 11 is 1.00. The van der Waals surface area contributed by atoms with Crippen LogP contribution in [0.15, 0.2) is 40.1 Å². The zero-order valence-corrected chi connectivity index (χ0v) is 16.8. The number of nitrogens with zero attached hydrogens (tertiary/aromatic N) is 3. The highest BCUT2D eigenvalue weighted by atomic mass is 32.1. The first kappa shape index (κ1) is 20.5. The third-order valence-electron chi connectivity index (χ3n) is 4.41. The topological polar surface area (TPSA) is 114 Å². The number of hydrogen-bond acceptors (Lipinski definition) is 6. The average Bonchev–Trinajstić information content (AvgIpc) is 3.17. The Morgan fingerprint density at radius 3 is 2.76 bits per heavy atom. The van der Waals surface area contributed by atoms with E-state index in [-0.39, 0.29) is 21.9 Å². The van der Waals surface area contributed by atoms with E-state index in [1.807, 2.05) is 6.92 Å². The second-order valence-electron chi connectivity index (χ2n) is 6.37. The van der Waals surface area contributed by atoms with Gasteiger partial charge in [0, 0.05) is 19.2 Å². The SMILES string of the molecule is CCCCn1c(N)c(N(C)C(=O)c2cnc(-c3ccccc3F)s2)c(=O)[nH]c1=O. The summed E-state index contributed by atoms with van der Waals surface area (Å²) in [5.74, 6) is -1.07. The Morgan fingerprint density at radius 2 is 2.07 bits per heavy atom. The minimum Gasteiger partial charge on any atom is -0.383 e. The number of thiazole rings is 1. The quantitative estimate of drug-likeness (QED) is 0.639. The number of carbonyl (C=O) groups is 1. The Bertz CT molecular complexity index is 1170. The number of nitrogen functional groups attached to an aromatic ring is 1. The lowest BCUT2D eigenvalue weighted by atomic mass is 10.2. The van der Waals surface area contributed by atoms with Crippen LogP contribution in [0.3, 0.4) is 0 Å². The molecule has 0 aliphatic rings. The molecule has 152 valence electrons. The molecule has 1 amide bonds. The van der Waals surface area contributed by atoms with Gasteiger partial charge in [-0.3, -0.25) is 19.1 Å². The van der Waals surface area contributed by atoms with Crippen molar-refractivity contribution in [1.29, 1.82) is 0 Å². The fourth-order valence-corrected chi connectivity index (χ4v) is 3.76. The summed E-state index contributed by atoms with van der Waals surface area (Å²) in [5, 5.41) is 0.342. The molecule has 0 bridgehead atoms. The van der Waals surface area contributed by atoms with Crippen LogP contribution >= 0.6 is 11.3 Å². The maximum Gasteiger partial charge on any atom is 0.330 e. The van der Waals surface area contributed by atoms with Crippen molar-refractivity contribution in [3.05, 3.63) is 62.0 Å². The molecule has 0 atom stereocenters. The van der Waals surface area contributed by atoms with Crippen LogP contribution in [0.5, 0.6) is 0 Å². The summed E-state index contributed by atoms with van der Waals surface area (Å²) in [6, 6.07) is 6.12. The molecule has 0 radical (unpaired) electrons. The largest absolute Gasteiger partial charge is 0.383 e. The lowest BCUT2D eigenvalue weighted by molar-refractivity contribution is 0.0996. The Hall–Kier alpha value is -3.27. The van der Waals surface area contributed by atoms with E-state index in [0.29, 0.717) is 18.0 Å². The number of nitrogens with two attached hydrogens (primary N) is 1. The molecule has 3 N–H and O–H groups in total. The number of hydrogen-bond donors (Lipinski definition) is 2. The van der Waals surface area contributed by atoms with E-state index < -0.39 is 23.0 Å². The number of aromatic amines is 1. The van der Waals surface area contributed by atoms with Crippen molar-refractivity contribution in [3.63, 3.8) is 0 Å². The maximum atomic E-state index is 14.0. The minimum absolute atomic E-state index is 0.0816. The van der Waals surface area contributed by atoms with Crippen molar-refractivity contribution < 1.29 is 9.18 Å². The highest BCUT2D eigenvalue weighted by Gasteiger charge is 2.24. The molecule has 10 heteroatoms. The summed E-state index contributed by atoms with van der Waals surface area (Å²) in [6.07, 6.45) is 2.84. The van der Waals surface area contributed by atoms with E-state index >= 15 is 0 Å². The first-order valence-electron chi connectivity index (χ1n) is 8.96. The number of nitrogens with one attached hydrogen (secondary N) is 1. The van der Waals surface area contributed by atoms with Crippen LogP contribution in [0.1, 0.15) is 29.4 Å². The molecular weight excluding hydrogens is 397 g/mol. The van der Waals surface area contributed by atoms with Gasteiger partial charge in [0.25, 0.3) is 11.5 Å². The first-order valence-corrected chi connectivity index (χ1v) is 9.78. The third kappa shape index (κ3) is 3.97. The predicted octanol–water partition coefficient (Wildman–Crippen LogP) is 2.46. The van der Waals surface area contributed by atoms with Crippen molar-refractivity contribution in [3.8, 4) is 10.6 Å². The highest BCUT2D eigenvalue weighted by Crippen LogP contribution is 2.28. The highest BCUT2D eigenvalue weighted by molar-refractivity contribution is 7.17. The molecule has 0 fully saturated rings. The molecule has 0 aliphatic heterocycles. The minimum atomic E-state index is -0.755. The molecule has 1 aromatic carbocycles. The number of unbranched alkanes of at least 4 members (excludes halogenated alkanes) is 1. The number of rotatable bonds is 6. The summed E-state index contributed by atoms with van der Waals surface area (Å²) in [4.78, 5) is 44.9. The first-order chi connectivity index (χ1) is 13.8. The van der Waals surface area contributed by atoms with Gasteiger partial charge < -0.3 is 10.6 Å². The molecule has 0 unspecified atom stereocenters. The zero-order valence-electron chi connectivity index (χ0n) is 15.9. The van der Waals surface area contributed by atoms with Gasteiger partial charge in [-0.1, -0.05) is 25.5 Å². The number of aromatic nitrogens is 3. The smallest absolute Gasteiger partial charge is 0.330 e. The fourth-order valence-electron chi connectivity index (χ4n) is 2.84. The van der Waals surface area contributed by atoms with E-state index in [2.05, 4.69) is 9.97 Å². The molecule has 0 aliphatic carbocycles. The van der Waals surface area contributed by atoms with Crippen molar-refractivity contribution in [2.45, 2.75) is 26.3 Å². The Labute approximate surface area is 169 Å². The second-order valence-corrected chi connectivity index (χ2v) is 7.40. The number of carbonyl (C=O) groups excluding carboxylic acids is 1. The van der Waals surface area contributed by atoms with Gasteiger partial charge in [0.1, 0.15) is 21.5 Å². The fraction of sp³-hybridized carbons (Fsp3) is 0.263. The van der Waals surface area contributed by atoms with Crippen LogP contribution in [-0.4, -0.2) is 27.5 Å². The van der Waals surface area contributed by atoms with Gasteiger partial charge in [0.05, 0.1) is 6.20 Å². The summed E-state index contributed by atoms with van der Waals surface area (Å²) in [5.41, 5.74) is 4.83. The lowest BCUT2D eigenvalue weighted by Gasteiger charge is -2.19.